The Morgan fingerprint density at radius 3 is 2.54 bits per heavy atom. The highest BCUT2D eigenvalue weighted by Crippen LogP contribution is 2.60. The number of hydrogen-bond acceptors (Lipinski definition) is 13. The van der Waals surface area contributed by atoms with Crippen molar-refractivity contribution in [2.75, 3.05) is 12.3 Å². The molecule has 6 unspecified atom stereocenters. The molecule has 1 aliphatic rings. The van der Waals surface area contributed by atoms with Crippen LogP contribution in [0.2, 0.25) is 5.28 Å². The van der Waals surface area contributed by atoms with Gasteiger partial charge in [-0.15, -0.1) is 0 Å². The number of benzene rings is 2. The topological polar surface area (TPSA) is 219 Å². The van der Waals surface area contributed by atoms with Gasteiger partial charge in [0.1, 0.15) is 36.1 Å². The summed E-state index contributed by atoms with van der Waals surface area (Å²) in [5.74, 6) is -0.991. The molecule has 5 rings (SSSR count). The second kappa shape index (κ2) is 14.1. The number of esters is 1. The summed E-state index contributed by atoms with van der Waals surface area (Å²) in [6.45, 7) is 0.271. The molecular weight excluding hydrogens is 673 g/mol. The van der Waals surface area contributed by atoms with Crippen molar-refractivity contribution < 1.29 is 51.1 Å². The summed E-state index contributed by atoms with van der Waals surface area (Å²) >= 11 is 5.86. The maximum Gasteiger partial charge on any atom is 0.481 e. The number of halogens is 2. The van der Waals surface area contributed by atoms with Crippen molar-refractivity contribution in [3.8, 4) is 5.75 Å². The Labute approximate surface area is 265 Å². The van der Waals surface area contributed by atoms with Crippen molar-refractivity contribution in [3.63, 3.8) is 0 Å². The van der Waals surface area contributed by atoms with E-state index in [9.17, 15) is 23.9 Å². The van der Waals surface area contributed by atoms with Crippen LogP contribution in [0, 0.1) is 0 Å². The Bertz CT molecular complexity index is 1770. The van der Waals surface area contributed by atoms with Gasteiger partial charge in [0.05, 0.1) is 12.9 Å². The number of aliphatic hydroxyl groups excluding tert-OH is 1. The second-order valence-electron chi connectivity index (χ2n) is 9.89. The molecule has 5 N–H and O–H groups in total. The molecule has 16 nitrogen and oxygen atoms in total. The first-order valence-electron chi connectivity index (χ1n) is 13.5. The number of ether oxygens (including phenoxy) is 2. The van der Waals surface area contributed by atoms with Gasteiger partial charge in [-0.1, -0.05) is 48.5 Å². The average Bonchev–Trinajstić information content (AvgIpc) is 3.55. The Balaban J connectivity index is 1.26. The van der Waals surface area contributed by atoms with Gasteiger partial charge >= 0.3 is 21.5 Å². The highest BCUT2D eigenvalue weighted by atomic mass is 35.5. The number of anilines is 1. The first-order chi connectivity index (χ1) is 21.8. The van der Waals surface area contributed by atoms with E-state index in [-0.39, 0.29) is 34.6 Å². The van der Waals surface area contributed by atoms with Gasteiger partial charge in [0.2, 0.25) is 5.28 Å². The summed E-state index contributed by atoms with van der Waals surface area (Å²) < 4.78 is 69.1. The van der Waals surface area contributed by atoms with Crippen LogP contribution < -0.4 is 15.3 Å². The molecular formula is C26H28ClFN6O10P2. The molecule has 2 aromatic carbocycles. The lowest BCUT2D eigenvalue weighted by atomic mass is 10.1. The zero-order chi connectivity index (χ0) is 33.1. The van der Waals surface area contributed by atoms with Gasteiger partial charge in [-0.25, -0.2) is 18.5 Å². The molecule has 0 spiro atoms. The van der Waals surface area contributed by atoms with E-state index in [0.717, 1.165) is 10.9 Å². The third kappa shape index (κ3) is 8.07. The predicted octanol–water partition coefficient (Wildman–Crippen LogP) is 3.70. The third-order valence-corrected chi connectivity index (χ3v) is 9.98. The monoisotopic (exact) mass is 700 g/mol. The fraction of sp³-hybridized carbons (Fsp3) is 0.308. The van der Waals surface area contributed by atoms with Crippen molar-refractivity contribution in [1.82, 2.24) is 24.6 Å². The van der Waals surface area contributed by atoms with Crippen LogP contribution in [-0.4, -0.2) is 66.5 Å². The maximum atomic E-state index is 15.2. The number of nitrogens with one attached hydrogen (secondary N) is 1. The van der Waals surface area contributed by atoms with Gasteiger partial charge in [-0.3, -0.25) is 13.9 Å². The number of rotatable bonds is 13. The number of phosphoric ester groups is 1. The van der Waals surface area contributed by atoms with Crippen molar-refractivity contribution in [2.24, 2.45) is 0 Å². The number of imidazole rings is 1. The standard InChI is InChI=1S/C26H28ClFN6O10P2/c1-15(25(36)40-12-16-8-4-2-5-9-16)33-45(37,43-17-10-6-3-7-11-17)44-46(38,39)41-13-18-21(35)19(28)24(42-18)34-14-30-20-22(29)31-26(27)32-23(20)34/h2-11,14-15,18-19,21,24,35H,12-13H2,1H3,(H,33,37)(H,38,39)(H2,29,31,32)/t15-,18?,19?,21?,24?,45?/m0/s1. The fourth-order valence-corrected chi connectivity index (χ4v) is 7.45. The van der Waals surface area contributed by atoms with E-state index in [2.05, 4.69) is 20.0 Å². The molecule has 0 aliphatic carbocycles. The molecule has 2 aromatic heterocycles. The number of para-hydroxylation sites is 1. The van der Waals surface area contributed by atoms with E-state index >= 15 is 4.39 Å². The van der Waals surface area contributed by atoms with Gasteiger partial charge < -0.3 is 29.7 Å². The summed E-state index contributed by atoms with van der Waals surface area (Å²) in [6.07, 6.45) is -5.84. The zero-order valence-electron chi connectivity index (χ0n) is 23.8. The molecule has 0 radical (unpaired) electrons. The average molecular weight is 701 g/mol. The number of aliphatic hydroxyl groups is 1. The number of nitrogens with zero attached hydrogens (tertiary/aromatic N) is 4. The van der Waals surface area contributed by atoms with Gasteiger partial charge in [0, 0.05) is 0 Å². The second-order valence-corrected chi connectivity index (χ2v) is 13.5. The lowest BCUT2D eigenvalue weighted by Crippen LogP contribution is -2.35. The third-order valence-electron chi connectivity index (χ3n) is 6.50. The minimum Gasteiger partial charge on any atom is -0.460 e. The SMILES string of the molecule is C[C@H](NP(=O)(Oc1ccccc1)OP(=O)(O)OCC1OC(n2cnc3c(N)nc(Cl)nc32)C(F)C1O)C(=O)OCc1ccccc1. The lowest BCUT2D eigenvalue weighted by Gasteiger charge is -2.24. The molecule has 0 amide bonds. The minimum absolute atomic E-state index is 0.0107. The number of fused-ring (bicyclic) bond motifs is 1. The number of hydrogen-bond donors (Lipinski definition) is 4. The summed E-state index contributed by atoms with van der Waals surface area (Å²) in [7, 11) is -10.2. The van der Waals surface area contributed by atoms with Crippen LogP contribution >= 0.6 is 27.2 Å². The molecule has 1 aliphatic heterocycles. The highest BCUT2D eigenvalue weighted by Gasteiger charge is 2.48. The summed E-state index contributed by atoms with van der Waals surface area (Å²) in [5, 5.41) is 12.5. The van der Waals surface area contributed by atoms with Crippen LogP contribution in [0.4, 0.5) is 10.2 Å². The molecule has 46 heavy (non-hydrogen) atoms. The Morgan fingerprint density at radius 1 is 1.17 bits per heavy atom. The molecule has 3 heterocycles. The first-order valence-corrected chi connectivity index (χ1v) is 16.9. The molecule has 4 aromatic rings. The number of phosphoric acid groups is 1. The molecule has 1 fully saturated rings. The Hall–Kier alpha value is -3.50. The van der Waals surface area contributed by atoms with Crippen LogP contribution in [-0.2, 0) is 38.8 Å². The maximum absolute atomic E-state index is 15.2. The van der Waals surface area contributed by atoms with Crippen LogP contribution in [0.25, 0.3) is 11.2 Å². The van der Waals surface area contributed by atoms with Gasteiger partial charge in [0.15, 0.2) is 23.9 Å². The number of nitrogen functional groups attached to an aromatic ring is 1. The smallest absolute Gasteiger partial charge is 0.460 e. The van der Waals surface area contributed by atoms with Gasteiger partial charge in [0.25, 0.3) is 0 Å². The van der Waals surface area contributed by atoms with Gasteiger partial charge in [-0.05, 0) is 36.2 Å². The van der Waals surface area contributed by atoms with E-state index in [0.29, 0.717) is 5.56 Å². The molecule has 0 bridgehead atoms. The molecule has 20 heteroatoms. The highest BCUT2D eigenvalue weighted by molar-refractivity contribution is 7.63. The Kier molecular flexibility index (Phi) is 10.4. The fourth-order valence-electron chi connectivity index (χ4n) is 4.32. The van der Waals surface area contributed by atoms with Crippen LogP contribution in [0.1, 0.15) is 18.7 Å². The van der Waals surface area contributed by atoms with Crippen molar-refractivity contribution in [3.05, 3.63) is 77.8 Å². The van der Waals surface area contributed by atoms with Crippen LogP contribution in [0.3, 0.4) is 0 Å². The minimum atomic E-state index is -5.32. The summed E-state index contributed by atoms with van der Waals surface area (Å²) in [4.78, 5) is 34.9. The van der Waals surface area contributed by atoms with E-state index < -0.39 is 58.8 Å². The van der Waals surface area contributed by atoms with Crippen molar-refractivity contribution in [1.29, 1.82) is 0 Å². The predicted molar refractivity (Wildman–Crippen MR) is 160 cm³/mol. The number of nitrogens with two attached hydrogens (primary N) is 1. The van der Waals surface area contributed by atoms with E-state index in [1.165, 1.54) is 31.2 Å². The van der Waals surface area contributed by atoms with Crippen LogP contribution in [0.15, 0.2) is 67.0 Å². The number of carbonyl (C=O) groups excluding carboxylic acids is 1. The van der Waals surface area contributed by atoms with E-state index in [4.69, 9.17) is 40.2 Å². The van der Waals surface area contributed by atoms with Crippen molar-refractivity contribution in [2.45, 2.75) is 44.2 Å². The summed E-state index contributed by atoms with van der Waals surface area (Å²) in [6, 6.07) is 14.9. The van der Waals surface area contributed by atoms with E-state index in [1.54, 1.807) is 36.4 Å². The van der Waals surface area contributed by atoms with Crippen molar-refractivity contribution >= 4 is 50.1 Å². The van der Waals surface area contributed by atoms with Gasteiger partial charge in [-0.2, -0.15) is 19.4 Å². The Morgan fingerprint density at radius 2 is 1.85 bits per heavy atom. The number of aromatic nitrogens is 4. The zero-order valence-corrected chi connectivity index (χ0v) is 26.4. The van der Waals surface area contributed by atoms with Crippen LogP contribution in [0.5, 0.6) is 5.75 Å². The molecule has 7 atom stereocenters. The summed E-state index contributed by atoms with van der Waals surface area (Å²) in [5.41, 5.74) is 6.58. The molecule has 246 valence electrons. The molecule has 1 saturated heterocycles. The normalized spacial score (nSPS) is 23.0. The quantitative estimate of drug-likeness (QED) is 0.0887. The number of alkyl halides is 1. The molecule has 0 saturated carbocycles. The lowest BCUT2D eigenvalue weighted by molar-refractivity contribution is -0.146. The first kappa shape index (κ1) is 33.9. The largest absolute Gasteiger partial charge is 0.481 e. The number of carbonyl (C=O) groups is 1. The van der Waals surface area contributed by atoms with E-state index in [1.807, 2.05) is 0 Å².